The molecule has 0 saturated heterocycles. The molecule has 1 aromatic carbocycles. The average molecular weight is 245 g/mol. The van der Waals surface area contributed by atoms with Crippen LogP contribution in [0.3, 0.4) is 0 Å². The lowest BCUT2D eigenvalue weighted by Gasteiger charge is -2.15. The summed E-state index contributed by atoms with van der Waals surface area (Å²) in [6.45, 7) is 8.83. The second kappa shape index (κ2) is 6.01. The van der Waals surface area contributed by atoms with E-state index < -0.39 is 0 Å². The third kappa shape index (κ3) is 3.10. The summed E-state index contributed by atoms with van der Waals surface area (Å²) in [4.78, 5) is 4.43. The summed E-state index contributed by atoms with van der Waals surface area (Å²) in [6, 6.07) is 8.73. The molecule has 0 radical (unpaired) electrons. The molecule has 0 bridgehead atoms. The summed E-state index contributed by atoms with van der Waals surface area (Å²) in [5, 5.41) is 3.52. The monoisotopic (exact) mass is 245 g/mol. The lowest BCUT2D eigenvalue weighted by molar-refractivity contribution is 0.473. The Morgan fingerprint density at radius 3 is 2.78 bits per heavy atom. The van der Waals surface area contributed by atoms with E-state index in [0.717, 1.165) is 24.5 Å². The number of nitrogens with one attached hydrogen (secondary N) is 1. The predicted molar refractivity (Wildman–Crippen MR) is 76.8 cm³/mol. The molecule has 1 heterocycles. The van der Waals surface area contributed by atoms with Gasteiger partial charge in [-0.25, -0.2) is 4.98 Å². The average Bonchev–Trinajstić information content (AvgIpc) is 2.78. The number of nitrogens with zero attached hydrogens (tertiary/aromatic N) is 2. The zero-order valence-electron chi connectivity index (χ0n) is 11.6. The van der Waals surface area contributed by atoms with Gasteiger partial charge in [0.05, 0.1) is 17.4 Å². The van der Waals surface area contributed by atoms with Crippen molar-refractivity contribution in [2.24, 2.45) is 5.92 Å². The minimum Gasteiger partial charge on any atom is -0.326 e. The standard InChI is InChI=1S/C15H23N3/c1-12(2)8-9-16-10-13(3)18-11-17-14-6-4-5-7-15(14)18/h4-7,11-13,16H,8-10H2,1-3H3. The van der Waals surface area contributed by atoms with Crippen molar-refractivity contribution in [1.29, 1.82) is 0 Å². The smallest absolute Gasteiger partial charge is 0.0961 e. The van der Waals surface area contributed by atoms with Crippen LogP contribution in [0.2, 0.25) is 0 Å². The van der Waals surface area contributed by atoms with Gasteiger partial charge in [0.25, 0.3) is 0 Å². The van der Waals surface area contributed by atoms with Crippen molar-refractivity contribution < 1.29 is 0 Å². The van der Waals surface area contributed by atoms with Gasteiger partial charge in [-0.3, -0.25) is 0 Å². The van der Waals surface area contributed by atoms with Gasteiger partial charge < -0.3 is 9.88 Å². The highest BCUT2D eigenvalue weighted by Crippen LogP contribution is 2.16. The van der Waals surface area contributed by atoms with Gasteiger partial charge >= 0.3 is 0 Å². The molecule has 0 spiro atoms. The Hall–Kier alpha value is -1.35. The third-order valence-electron chi connectivity index (χ3n) is 3.29. The van der Waals surface area contributed by atoms with Crippen LogP contribution in [0.15, 0.2) is 30.6 Å². The van der Waals surface area contributed by atoms with E-state index in [1.54, 1.807) is 0 Å². The fourth-order valence-corrected chi connectivity index (χ4v) is 2.13. The van der Waals surface area contributed by atoms with Crippen molar-refractivity contribution >= 4 is 11.0 Å². The Labute approximate surface area is 109 Å². The summed E-state index contributed by atoms with van der Waals surface area (Å²) in [5.41, 5.74) is 2.29. The van der Waals surface area contributed by atoms with Gasteiger partial charge in [-0.15, -0.1) is 0 Å². The van der Waals surface area contributed by atoms with Crippen LogP contribution in [0.4, 0.5) is 0 Å². The van der Waals surface area contributed by atoms with E-state index in [1.165, 1.54) is 11.9 Å². The van der Waals surface area contributed by atoms with Crippen LogP contribution in [0.5, 0.6) is 0 Å². The van der Waals surface area contributed by atoms with Crippen LogP contribution in [0.1, 0.15) is 33.2 Å². The highest BCUT2D eigenvalue weighted by Gasteiger charge is 2.08. The number of aromatic nitrogens is 2. The summed E-state index contributed by atoms with van der Waals surface area (Å²) in [5.74, 6) is 0.766. The van der Waals surface area contributed by atoms with Gasteiger partial charge in [0, 0.05) is 12.6 Å². The molecule has 18 heavy (non-hydrogen) atoms. The van der Waals surface area contributed by atoms with Gasteiger partial charge in [-0.05, 0) is 37.9 Å². The first-order valence-electron chi connectivity index (χ1n) is 6.80. The summed E-state index contributed by atoms with van der Waals surface area (Å²) in [7, 11) is 0. The van der Waals surface area contributed by atoms with Crippen molar-refractivity contribution in [3.8, 4) is 0 Å². The molecule has 1 unspecified atom stereocenters. The van der Waals surface area contributed by atoms with Crippen LogP contribution in [-0.4, -0.2) is 22.6 Å². The number of para-hydroxylation sites is 2. The Morgan fingerprint density at radius 2 is 2.00 bits per heavy atom. The second-order valence-corrected chi connectivity index (χ2v) is 5.38. The second-order valence-electron chi connectivity index (χ2n) is 5.38. The molecule has 0 fully saturated rings. The van der Waals surface area contributed by atoms with Crippen molar-refractivity contribution in [3.05, 3.63) is 30.6 Å². The Balaban J connectivity index is 1.94. The molecule has 1 atom stereocenters. The van der Waals surface area contributed by atoms with Gasteiger partial charge in [0.15, 0.2) is 0 Å². The molecule has 98 valence electrons. The molecule has 1 N–H and O–H groups in total. The van der Waals surface area contributed by atoms with Crippen LogP contribution < -0.4 is 5.32 Å². The Bertz CT molecular complexity index is 487. The number of hydrogen-bond acceptors (Lipinski definition) is 2. The van der Waals surface area contributed by atoms with Crippen LogP contribution in [0.25, 0.3) is 11.0 Å². The Kier molecular flexibility index (Phi) is 4.37. The van der Waals surface area contributed by atoms with E-state index in [1.807, 2.05) is 12.4 Å². The fourth-order valence-electron chi connectivity index (χ4n) is 2.13. The predicted octanol–water partition coefficient (Wildman–Crippen LogP) is 3.23. The topological polar surface area (TPSA) is 29.9 Å². The van der Waals surface area contributed by atoms with Gasteiger partial charge in [0.1, 0.15) is 0 Å². The lowest BCUT2D eigenvalue weighted by Crippen LogP contribution is -2.24. The minimum absolute atomic E-state index is 0.435. The maximum atomic E-state index is 4.43. The quantitative estimate of drug-likeness (QED) is 0.792. The molecule has 3 heteroatoms. The van der Waals surface area contributed by atoms with E-state index in [4.69, 9.17) is 0 Å². The van der Waals surface area contributed by atoms with E-state index in [9.17, 15) is 0 Å². The molecule has 0 saturated carbocycles. The number of rotatable bonds is 6. The van der Waals surface area contributed by atoms with E-state index in [0.29, 0.717) is 6.04 Å². The molecule has 0 aliphatic carbocycles. The van der Waals surface area contributed by atoms with Gasteiger partial charge in [0.2, 0.25) is 0 Å². The van der Waals surface area contributed by atoms with Gasteiger partial charge in [-0.2, -0.15) is 0 Å². The summed E-state index contributed by atoms with van der Waals surface area (Å²) < 4.78 is 2.25. The largest absolute Gasteiger partial charge is 0.326 e. The van der Waals surface area contributed by atoms with Crippen LogP contribution in [0, 0.1) is 5.92 Å². The van der Waals surface area contributed by atoms with Gasteiger partial charge in [-0.1, -0.05) is 26.0 Å². The van der Waals surface area contributed by atoms with Crippen LogP contribution >= 0.6 is 0 Å². The third-order valence-corrected chi connectivity index (χ3v) is 3.29. The molecular weight excluding hydrogens is 222 g/mol. The van der Waals surface area contributed by atoms with Crippen LogP contribution in [-0.2, 0) is 0 Å². The summed E-state index contributed by atoms with van der Waals surface area (Å²) in [6.07, 6.45) is 3.18. The van der Waals surface area contributed by atoms with Crippen molar-refractivity contribution in [2.75, 3.05) is 13.1 Å². The molecule has 2 rings (SSSR count). The first-order valence-corrected chi connectivity index (χ1v) is 6.80. The van der Waals surface area contributed by atoms with E-state index in [-0.39, 0.29) is 0 Å². The highest BCUT2D eigenvalue weighted by molar-refractivity contribution is 5.75. The zero-order valence-corrected chi connectivity index (χ0v) is 11.6. The molecule has 2 aromatic rings. The normalized spacial score (nSPS) is 13.3. The van der Waals surface area contributed by atoms with Crippen molar-refractivity contribution in [3.63, 3.8) is 0 Å². The molecule has 3 nitrogen and oxygen atoms in total. The first-order chi connectivity index (χ1) is 8.68. The molecule has 0 aliphatic heterocycles. The number of fused-ring (bicyclic) bond motifs is 1. The van der Waals surface area contributed by atoms with E-state index in [2.05, 4.69) is 53.8 Å². The lowest BCUT2D eigenvalue weighted by atomic mass is 10.1. The maximum Gasteiger partial charge on any atom is 0.0961 e. The molecule has 0 aliphatic rings. The number of hydrogen-bond donors (Lipinski definition) is 1. The summed E-state index contributed by atoms with van der Waals surface area (Å²) >= 11 is 0. The SMILES string of the molecule is CC(C)CCNCC(C)n1cnc2ccccc21. The minimum atomic E-state index is 0.435. The Morgan fingerprint density at radius 1 is 1.22 bits per heavy atom. The molecule has 1 aromatic heterocycles. The van der Waals surface area contributed by atoms with E-state index >= 15 is 0 Å². The number of benzene rings is 1. The number of imidazole rings is 1. The molecule has 0 amide bonds. The van der Waals surface area contributed by atoms with Crippen molar-refractivity contribution in [2.45, 2.75) is 33.2 Å². The highest BCUT2D eigenvalue weighted by atomic mass is 15.1. The first kappa shape index (κ1) is 13.1. The fraction of sp³-hybridized carbons (Fsp3) is 0.533. The van der Waals surface area contributed by atoms with Crippen molar-refractivity contribution in [1.82, 2.24) is 14.9 Å². The zero-order chi connectivity index (χ0) is 13.0. The molecular formula is C15H23N3. The maximum absolute atomic E-state index is 4.43.